The number of morpholine rings is 1. The predicted octanol–water partition coefficient (Wildman–Crippen LogP) is 1.26. The third-order valence-corrected chi connectivity index (χ3v) is 6.65. The molecule has 2 aliphatic heterocycles. The second-order valence-electron chi connectivity index (χ2n) is 7.78. The first-order valence-electron chi connectivity index (χ1n) is 10.3. The van der Waals surface area contributed by atoms with Gasteiger partial charge in [0.1, 0.15) is 12.4 Å². The van der Waals surface area contributed by atoms with E-state index < -0.39 is 10.0 Å². The maximum absolute atomic E-state index is 12.3. The van der Waals surface area contributed by atoms with Crippen LogP contribution in [-0.2, 0) is 32.6 Å². The Bertz CT molecular complexity index is 1100. The number of carbonyl (C=O) groups excluding carboxylic acids is 1. The van der Waals surface area contributed by atoms with Crippen LogP contribution >= 0.6 is 0 Å². The van der Waals surface area contributed by atoms with E-state index in [1.807, 2.05) is 12.1 Å². The van der Waals surface area contributed by atoms with Crippen LogP contribution in [0.1, 0.15) is 23.6 Å². The molecule has 0 radical (unpaired) electrons. The molecule has 1 atom stereocenters. The van der Waals surface area contributed by atoms with E-state index in [1.165, 1.54) is 11.6 Å². The van der Waals surface area contributed by atoms with Crippen molar-refractivity contribution in [3.63, 3.8) is 0 Å². The van der Waals surface area contributed by atoms with E-state index in [0.717, 1.165) is 31.8 Å². The first kappa shape index (κ1) is 21.5. The van der Waals surface area contributed by atoms with Crippen molar-refractivity contribution in [2.24, 2.45) is 4.99 Å². The Kier molecular flexibility index (Phi) is 6.35. The van der Waals surface area contributed by atoms with Crippen LogP contribution in [0.5, 0.6) is 0 Å². The summed E-state index contributed by atoms with van der Waals surface area (Å²) in [6, 6.07) is 14.7. The Morgan fingerprint density at radius 1 is 1.23 bits per heavy atom. The molecule has 31 heavy (non-hydrogen) atoms. The Labute approximate surface area is 182 Å². The van der Waals surface area contributed by atoms with Crippen LogP contribution in [-0.4, -0.2) is 57.4 Å². The molecule has 0 saturated carbocycles. The summed E-state index contributed by atoms with van der Waals surface area (Å²) >= 11 is 0. The molecule has 0 aliphatic carbocycles. The van der Waals surface area contributed by atoms with E-state index in [2.05, 4.69) is 39.0 Å². The van der Waals surface area contributed by atoms with Crippen molar-refractivity contribution in [3.05, 3.63) is 65.2 Å². The van der Waals surface area contributed by atoms with Crippen LogP contribution < -0.4 is 10.0 Å². The number of carbonyl (C=O) groups is 1. The van der Waals surface area contributed by atoms with Crippen LogP contribution in [0.25, 0.3) is 0 Å². The number of sulfonamides is 1. The Morgan fingerprint density at radius 3 is 2.87 bits per heavy atom. The number of fused-ring (bicyclic) bond motifs is 1. The number of benzene rings is 2. The number of hydrogen-bond donors (Lipinski definition) is 2. The number of aliphatic imine (C=N–C) groups is 1. The van der Waals surface area contributed by atoms with Crippen LogP contribution in [0.15, 0.2) is 58.4 Å². The zero-order valence-corrected chi connectivity index (χ0v) is 18.2. The minimum absolute atomic E-state index is 0.155. The largest absolute Gasteiger partial charge is 0.376 e. The van der Waals surface area contributed by atoms with Crippen LogP contribution in [0.2, 0.25) is 0 Å². The highest BCUT2D eigenvalue weighted by molar-refractivity contribution is 7.90. The smallest absolute Gasteiger partial charge is 0.263 e. The molecule has 1 amide bonds. The second kappa shape index (κ2) is 9.17. The van der Waals surface area contributed by atoms with Gasteiger partial charge in [0.2, 0.25) is 5.91 Å². The third kappa shape index (κ3) is 5.30. The lowest BCUT2D eigenvalue weighted by molar-refractivity contribution is -0.119. The van der Waals surface area contributed by atoms with Gasteiger partial charge in [0, 0.05) is 31.7 Å². The Morgan fingerprint density at radius 2 is 2.03 bits per heavy atom. The van der Waals surface area contributed by atoms with E-state index in [4.69, 9.17) is 4.74 Å². The van der Waals surface area contributed by atoms with Gasteiger partial charge in [-0.1, -0.05) is 36.4 Å². The number of hydrogen-bond acceptors (Lipinski definition) is 6. The van der Waals surface area contributed by atoms with Gasteiger partial charge in [0.25, 0.3) is 10.0 Å². The number of amides is 1. The number of rotatable bonds is 6. The van der Waals surface area contributed by atoms with Gasteiger partial charge in [-0.3, -0.25) is 19.4 Å². The van der Waals surface area contributed by atoms with Crippen molar-refractivity contribution in [2.75, 3.05) is 26.2 Å². The number of ether oxygens (including phenoxy) is 1. The fourth-order valence-corrected chi connectivity index (χ4v) is 5.04. The Balaban J connectivity index is 1.32. The van der Waals surface area contributed by atoms with Crippen LogP contribution in [0.3, 0.4) is 0 Å². The van der Waals surface area contributed by atoms with Crippen molar-refractivity contribution in [3.8, 4) is 0 Å². The van der Waals surface area contributed by atoms with Crippen molar-refractivity contribution in [1.29, 1.82) is 0 Å². The maximum atomic E-state index is 12.3. The third-order valence-electron chi connectivity index (χ3n) is 5.26. The van der Waals surface area contributed by atoms with Gasteiger partial charge in [0.15, 0.2) is 0 Å². The summed E-state index contributed by atoms with van der Waals surface area (Å²) in [6.45, 7) is 5.74. The number of nitrogens with zero attached hydrogens (tertiary/aromatic N) is 2. The molecule has 2 aromatic carbocycles. The monoisotopic (exact) mass is 442 g/mol. The molecule has 1 saturated heterocycles. The molecule has 1 unspecified atom stereocenters. The summed E-state index contributed by atoms with van der Waals surface area (Å²) < 4.78 is 32.2. The molecule has 164 valence electrons. The van der Waals surface area contributed by atoms with Gasteiger partial charge in [-0.15, -0.1) is 0 Å². The van der Waals surface area contributed by atoms with E-state index in [-0.39, 0.29) is 29.3 Å². The summed E-state index contributed by atoms with van der Waals surface area (Å²) in [5, 5.41) is 2.85. The molecular weight excluding hydrogens is 416 g/mol. The van der Waals surface area contributed by atoms with Crippen LogP contribution in [0.4, 0.5) is 0 Å². The highest BCUT2D eigenvalue weighted by Crippen LogP contribution is 2.22. The lowest BCUT2D eigenvalue weighted by atomic mass is 10.1. The molecule has 0 bridgehead atoms. The minimum Gasteiger partial charge on any atom is -0.376 e. The lowest BCUT2D eigenvalue weighted by Gasteiger charge is -2.31. The average molecular weight is 443 g/mol. The van der Waals surface area contributed by atoms with E-state index in [1.54, 1.807) is 18.2 Å². The molecule has 8 nitrogen and oxygen atoms in total. The first-order valence-corrected chi connectivity index (χ1v) is 11.7. The highest BCUT2D eigenvalue weighted by Gasteiger charge is 2.30. The molecule has 0 spiro atoms. The predicted molar refractivity (Wildman–Crippen MR) is 117 cm³/mol. The summed E-state index contributed by atoms with van der Waals surface area (Å²) in [7, 11) is -3.60. The first-order chi connectivity index (χ1) is 14.9. The second-order valence-corrected chi connectivity index (χ2v) is 9.43. The molecule has 1 fully saturated rings. The molecule has 2 aliphatic rings. The van der Waals surface area contributed by atoms with Crippen molar-refractivity contribution < 1.29 is 17.9 Å². The van der Waals surface area contributed by atoms with Crippen molar-refractivity contribution in [2.45, 2.75) is 31.0 Å². The van der Waals surface area contributed by atoms with Crippen molar-refractivity contribution in [1.82, 2.24) is 14.9 Å². The Hall–Kier alpha value is -2.75. The number of nitrogens with one attached hydrogen (secondary N) is 2. The van der Waals surface area contributed by atoms with Gasteiger partial charge in [-0.25, -0.2) is 8.42 Å². The lowest BCUT2D eigenvalue weighted by Crippen LogP contribution is -2.40. The fourth-order valence-electron chi connectivity index (χ4n) is 3.79. The zero-order valence-electron chi connectivity index (χ0n) is 17.4. The summed E-state index contributed by atoms with van der Waals surface area (Å²) in [4.78, 5) is 19.0. The molecule has 4 rings (SSSR count). The minimum atomic E-state index is -3.60. The molecule has 9 heteroatoms. The molecule has 2 aromatic rings. The molecular formula is C22H26N4O4S. The van der Waals surface area contributed by atoms with Gasteiger partial charge in [-0.05, 0) is 30.2 Å². The molecule has 2 N–H and O–H groups in total. The normalized spacial score (nSPS) is 21.5. The average Bonchev–Trinajstić information content (AvgIpc) is 3.01. The zero-order chi connectivity index (χ0) is 21.8. The van der Waals surface area contributed by atoms with Gasteiger partial charge >= 0.3 is 0 Å². The number of amidine groups is 1. The van der Waals surface area contributed by atoms with Crippen molar-refractivity contribution >= 4 is 21.8 Å². The highest BCUT2D eigenvalue weighted by atomic mass is 32.2. The summed E-state index contributed by atoms with van der Waals surface area (Å²) in [5.41, 5.74) is 2.69. The van der Waals surface area contributed by atoms with Gasteiger partial charge in [0.05, 0.1) is 17.6 Å². The van der Waals surface area contributed by atoms with Gasteiger partial charge in [-0.2, -0.15) is 0 Å². The SMILES string of the molecule is CC1CN(Cc2cccc(CNC(=O)CN=C3NS(=O)(=O)c4ccccc43)c2)CCO1. The standard InChI is InChI=1S/C22H26N4O4S/c1-16-14-26(9-10-30-16)15-18-6-4-5-17(11-18)12-23-21(27)13-24-22-19-7-2-3-8-20(19)31(28,29)25-22/h2-8,11,16H,9-10,12-15H2,1H3,(H,23,27)(H,24,25). The maximum Gasteiger partial charge on any atom is 0.263 e. The molecule has 2 heterocycles. The quantitative estimate of drug-likeness (QED) is 0.702. The van der Waals surface area contributed by atoms with E-state index >= 15 is 0 Å². The van der Waals surface area contributed by atoms with Gasteiger partial charge < -0.3 is 10.1 Å². The summed E-state index contributed by atoms with van der Waals surface area (Å²) in [5.74, 6) is -0.0732. The van der Waals surface area contributed by atoms with Crippen LogP contribution in [0, 0.1) is 0 Å². The topological polar surface area (TPSA) is 100 Å². The van der Waals surface area contributed by atoms with E-state index in [9.17, 15) is 13.2 Å². The summed E-state index contributed by atoms with van der Waals surface area (Å²) in [6.07, 6.45) is 0.245. The molecule has 0 aromatic heterocycles. The fraction of sp³-hybridized carbons (Fsp3) is 0.364. The van der Waals surface area contributed by atoms with E-state index in [0.29, 0.717) is 12.1 Å².